The van der Waals surface area contributed by atoms with Gasteiger partial charge < -0.3 is 14.8 Å². The highest BCUT2D eigenvalue weighted by Crippen LogP contribution is 2.36. The van der Waals surface area contributed by atoms with Gasteiger partial charge in [0.25, 0.3) is 5.91 Å². The van der Waals surface area contributed by atoms with Crippen molar-refractivity contribution >= 4 is 29.2 Å². The van der Waals surface area contributed by atoms with Crippen LogP contribution in [0.3, 0.4) is 0 Å². The second kappa shape index (κ2) is 9.69. The number of carbonyl (C=O) groups is 2. The fraction of sp³-hybridized carbons (Fsp3) is 0.136. The van der Waals surface area contributed by atoms with Gasteiger partial charge in [0.1, 0.15) is 17.1 Å². The molecule has 2 aromatic carbocycles. The number of nitrogens with zero attached hydrogens (tertiary/aromatic N) is 1. The third-order valence-corrected chi connectivity index (χ3v) is 4.40. The molecule has 1 heterocycles. The van der Waals surface area contributed by atoms with Crippen LogP contribution in [-0.4, -0.2) is 23.0 Å². The van der Waals surface area contributed by atoms with Gasteiger partial charge in [0.15, 0.2) is 6.10 Å². The predicted molar refractivity (Wildman–Crippen MR) is 111 cm³/mol. The number of esters is 1. The van der Waals surface area contributed by atoms with Gasteiger partial charge in [0, 0.05) is 11.2 Å². The first-order valence-corrected chi connectivity index (χ1v) is 9.58. The largest absolute Gasteiger partial charge is 0.455 e. The molecule has 1 atom stereocenters. The summed E-state index contributed by atoms with van der Waals surface area (Å²) >= 11 is 5.63. The quantitative estimate of drug-likeness (QED) is 0.471. The topological polar surface area (TPSA) is 77.5 Å². The van der Waals surface area contributed by atoms with Crippen molar-refractivity contribution in [2.45, 2.75) is 19.2 Å². The molecule has 1 amide bonds. The summed E-state index contributed by atoms with van der Waals surface area (Å²) < 4.78 is 50.4. The number of pyridine rings is 1. The van der Waals surface area contributed by atoms with Crippen LogP contribution < -0.4 is 10.1 Å². The van der Waals surface area contributed by atoms with E-state index in [0.29, 0.717) is 11.8 Å². The van der Waals surface area contributed by atoms with Crippen molar-refractivity contribution < 1.29 is 32.2 Å². The van der Waals surface area contributed by atoms with Crippen LogP contribution in [0, 0.1) is 0 Å². The number of anilines is 1. The Kier molecular flexibility index (Phi) is 6.99. The minimum atomic E-state index is -4.74. The van der Waals surface area contributed by atoms with Crippen LogP contribution in [0.15, 0.2) is 67.0 Å². The lowest BCUT2D eigenvalue weighted by Crippen LogP contribution is -2.31. The monoisotopic (exact) mass is 464 g/mol. The van der Waals surface area contributed by atoms with E-state index in [0.717, 1.165) is 6.07 Å². The summed E-state index contributed by atoms with van der Waals surface area (Å²) in [6.45, 7) is 1.24. The molecule has 3 aromatic rings. The molecule has 1 aromatic heterocycles. The molecule has 0 aliphatic rings. The molecule has 0 saturated heterocycles. The minimum Gasteiger partial charge on any atom is -0.455 e. The zero-order valence-electron chi connectivity index (χ0n) is 16.5. The third kappa shape index (κ3) is 5.76. The average molecular weight is 465 g/mol. The highest BCUT2D eigenvalue weighted by molar-refractivity contribution is 6.30. The van der Waals surface area contributed by atoms with Crippen molar-refractivity contribution in [2.75, 3.05) is 5.32 Å². The van der Waals surface area contributed by atoms with Crippen molar-refractivity contribution in [3.63, 3.8) is 0 Å². The predicted octanol–water partition coefficient (Wildman–Crippen LogP) is 5.73. The molecule has 0 aliphatic carbocycles. The summed E-state index contributed by atoms with van der Waals surface area (Å²) in [6.07, 6.45) is -3.14. The molecule has 166 valence electrons. The minimum absolute atomic E-state index is 0.0264. The van der Waals surface area contributed by atoms with Crippen LogP contribution in [0.1, 0.15) is 22.8 Å². The lowest BCUT2D eigenvalue weighted by atomic mass is 10.1. The van der Waals surface area contributed by atoms with Gasteiger partial charge >= 0.3 is 12.1 Å². The Morgan fingerprint density at radius 1 is 1.09 bits per heavy atom. The zero-order chi connectivity index (χ0) is 23.3. The Bertz CT molecular complexity index is 1120. The maximum absolute atomic E-state index is 13.2. The summed E-state index contributed by atoms with van der Waals surface area (Å²) in [7, 11) is 0. The van der Waals surface area contributed by atoms with Crippen LogP contribution in [-0.2, 0) is 15.7 Å². The van der Waals surface area contributed by atoms with Gasteiger partial charge in [-0.3, -0.25) is 9.78 Å². The smallest absolute Gasteiger partial charge is 0.418 e. The second-order valence-corrected chi connectivity index (χ2v) is 6.95. The summed E-state index contributed by atoms with van der Waals surface area (Å²) in [4.78, 5) is 28.9. The van der Waals surface area contributed by atoms with Gasteiger partial charge in [0.2, 0.25) is 0 Å². The fourth-order valence-corrected chi connectivity index (χ4v) is 2.80. The number of carbonyl (C=O) groups excluding carboxylic acids is 2. The Morgan fingerprint density at radius 3 is 2.53 bits per heavy atom. The average Bonchev–Trinajstić information content (AvgIpc) is 2.75. The molecule has 32 heavy (non-hydrogen) atoms. The Morgan fingerprint density at radius 2 is 1.84 bits per heavy atom. The molecule has 3 rings (SSSR count). The van der Waals surface area contributed by atoms with Crippen molar-refractivity contribution in [3.8, 4) is 11.5 Å². The van der Waals surface area contributed by atoms with E-state index in [1.807, 2.05) is 0 Å². The van der Waals surface area contributed by atoms with Gasteiger partial charge in [-0.1, -0.05) is 23.7 Å². The molecule has 0 bridgehead atoms. The Hall–Kier alpha value is -3.59. The number of benzene rings is 2. The van der Waals surface area contributed by atoms with E-state index in [-0.39, 0.29) is 16.3 Å². The van der Waals surface area contributed by atoms with Gasteiger partial charge in [-0.05, 0) is 49.4 Å². The van der Waals surface area contributed by atoms with Gasteiger partial charge in [-0.2, -0.15) is 13.2 Å². The number of ether oxygens (including phenoxy) is 2. The van der Waals surface area contributed by atoms with Crippen LogP contribution >= 0.6 is 11.6 Å². The normalized spacial score (nSPS) is 12.0. The number of alkyl halides is 3. The first-order chi connectivity index (χ1) is 15.1. The molecule has 0 fully saturated rings. The number of amides is 1. The third-order valence-electron chi connectivity index (χ3n) is 4.17. The van der Waals surface area contributed by atoms with E-state index in [9.17, 15) is 22.8 Å². The van der Waals surface area contributed by atoms with Gasteiger partial charge in [0.05, 0.1) is 17.4 Å². The van der Waals surface area contributed by atoms with Crippen molar-refractivity contribution in [1.82, 2.24) is 4.98 Å². The highest BCUT2D eigenvalue weighted by Gasteiger charge is 2.35. The van der Waals surface area contributed by atoms with E-state index in [1.165, 1.54) is 31.3 Å². The highest BCUT2D eigenvalue weighted by atomic mass is 35.5. The zero-order valence-corrected chi connectivity index (χ0v) is 17.3. The van der Waals surface area contributed by atoms with E-state index in [1.54, 1.807) is 30.5 Å². The van der Waals surface area contributed by atoms with Gasteiger partial charge in [-0.25, -0.2) is 4.79 Å². The molecule has 0 aliphatic heterocycles. The maximum atomic E-state index is 13.2. The molecule has 0 spiro atoms. The lowest BCUT2D eigenvalue weighted by Gasteiger charge is -2.18. The first-order valence-electron chi connectivity index (χ1n) is 9.20. The maximum Gasteiger partial charge on any atom is 0.418 e. The lowest BCUT2D eigenvalue weighted by molar-refractivity contribution is -0.137. The molecular weight excluding hydrogens is 449 g/mol. The number of hydrogen-bond donors (Lipinski definition) is 1. The summed E-state index contributed by atoms with van der Waals surface area (Å²) in [6, 6.07) is 12.4. The number of halogens is 4. The van der Waals surface area contributed by atoms with E-state index in [4.69, 9.17) is 21.1 Å². The molecule has 1 unspecified atom stereocenters. The first kappa shape index (κ1) is 23.1. The number of aromatic nitrogens is 1. The van der Waals surface area contributed by atoms with Crippen molar-refractivity contribution in [1.29, 1.82) is 0 Å². The van der Waals surface area contributed by atoms with E-state index in [2.05, 4.69) is 10.3 Å². The number of rotatable bonds is 6. The Balaban J connectivity index is 1.73. The Labute approximate surface area is 185 Å². The van der Waals surface area contributed by atoms with Crippen LogP contribution in [0.5, 0.6) is 11.5 Å². The van der Waals surface area contributed by atoms with Gasteiger partial charge in [-0.15, -0.1) is 0 Å². The second-order valence-electron chi connectivity index (χ2n) is 6.51. The standard InChI is InChI=1S/C22H16ClF3N2O4/c1-13(20(29)28-18-9-8-14(23)11-17(18)22(24,25)26)31-21(30)16-6-2-3-7-19(16)32-15-5-4-10-27-12-15/h2-13H,1H3,(H,28,29). The molecule has 6 nitrogen and oxygen atoms in total. The molecule has 10 heteroatoms. The molecule has 0 radical (unpaired) electrons. The fourth-order valence-electron chi connectivity index (χ4n) is 2.63. The van der Waals surface area contributed by atoms with E-state index >= 15 is 0 Å². The SMILES string of the molecule is CC(OC(=O)c1ccccc1Oc1cccnc1)C(=O)Nc1ccc(Cl)cc1C(F)(F)F. The number of hydrogen-bond acceptors (Lipinski definition) is 5. The molecular formula is C22H16ClF3N2O4. The summed E-state index contributed by atoms with van der Waals surface area (Å²) in [5.41, 5.74) is -1.60. The van der Waals surface area contributed by atoms with Crippen molar-refractivity contribution in [3.05, 3.63) is 83.1 Å². The van der Waals surface area contributed by atoms with E-state index < -0.39 is 35.4 Å². The molecule has 0 saturated carbocycles. The van der Waals surface area contributed by atoms with Crippen LogP contribution in [0.25, 0.3) is 0 Å². The number of para-hydroxylation sites is 1. The van der Waals surface area contributed by atoms with Crippen LogP contribution in [0.2, 0.25) is 5.02 Å². The van der Waals surface area contributed by atoms with Crippen LogP contribution in [0.4, 0.5) is 18.9 Å². The van der Waals surface area contributed by atoms with Crippen molar-refractivity contribution in [2.24, 2.45) is 0 Å². The molecule has 1 N–H and O–H groups in total. The summed E-state index contributed by atoms with van der Waals surface area (Å²) in [5.74, 6) is -1.30. The number of nitrogens with one attached hydrogen (secondary N) is 1. The summed E-state index contributed by atoms with van der Waals surface area (Å²) in [5, 5.41) is 1.98.